The van der Waals surface area contributed by atoms with Crippen LogP contribution in [0.3, 0.4) is 0 Å². The van der Waals surface area contributed by atoms with Crippen molar-refractivity contribution in [1.29, 1.82) is 0 Å². The number of hydrogen-bond donors (Lipinski definition) is 3. The van der Waals surface area contributed by atoms with Crippen LogP contribution in [-0.2, 0) is 0 Å². The molecular weight excluding hydrogens is 154 g/mol. The van der Waals surface area contributed by atoms with Gasteiger partial charge in [-0.3, -0.25) is 0 Å². The molecule has 0 unspecified atom stereocenters. The van der Waals surface area contributed by atoms with Crippen LogP contribution in [0.5, 0.6) is 0 Å². The molecule has 1 rings (SSSR count). The van der Waals surface area contributed by atoms with E-state index >= 15 is 0 Å². The maximum absolute atomic E-state index is 11.0. The first kappa shape index (κ1) is 9.32. The number of nitrogens with one attached hydrogen (secondary N) is 3. The van der Waals surface area contributed by atoms with Crippen molar-refractivity contribution in [3.8, 4) is 0 Å². The third kappa shape index (κ3) is 3.09. The lowest BCUT2D eigenvalue weighted by molar-refractivity contribution is 0.235. The molecule has 2 amide bonds. The Morgan fingerprint density at radius 3 is 2.75 bits per heavy atom. The van der Waals surface area contributed by atoms with E-state index in [1.54, 1.807) is 0 Å². The summed E-state index contributed by atoms with van der Waals surface area (Å²) in [6.07, 6.45) is 0.985. The van der Waals surface area contributed by atoms with E-state index in [9.17, 15) is 4.79 Å². The van der Waals surface area contributed by atoms with Gasteiger partial charge in [0.05, 0.1) is 0 Å². The number of urea groups is 1. The molecule has 3 N–H and O–H groups in total. The molecule has 12 heavy (non-hydrogen) atoms. The van der Waals surface area contributed by atoms with E-state index in [0.717, 1.165) is 32.6 Å². The van der Waals surface area contributed by atoms with Crippen molar-refractivity contribution in [2.45, 2.75) is 13.3 Å². The van der Waals surface area contributed by atoms with E-state index < -0.39 is 0 Å². The van der Waals surface area contributed by atoms with E-state index in [4.69, 9.17) is 0 Å². The van der Waals surface area contributed by atoms with Gasteiger partial charge in [-0.15, -0.1) is 0 Å². The van der Waals surface area contributed by atoms with E-state index in [0.29, 0.717) is 5.92 Å². The zero-order chi connectivity index (χ0) is 8.81. The lowest BCUT2D eigenvalue weighted by atomic mass is 10.0. The minimum absolute atomic E-state index is 0.0382. The van der Waals surface area contributed by atoms with E-state index in [-0.39, 0.29) is 6.03 Å². The number of amides is 2. The SMILES string of the molecule is CCCNC(=O)NCC1CNC1. The highest BCUT2D eigenvalue weighted by molar-refractivity contribution is 5.73. The summed E-state index contributed by atoms with van der Waals surface area (Å²) < 4.78 is 0. The smallest absolute Gasteiger partial charge is 0.314 e. The first-order valence-electron chi connectivity index (χ1n) is 4.55. The molecular formula is C8H17N3O. The topological polar surface area (TPSA) is 53.2 Å². The predicted molar refractivity (Wildman–Crippen MR) is 48.1 cm³/mol. The van der Waals surface area contributed by atoms with Crippen LogP contribution in [0.1, 0.15) is 13.3 Å². The Morgan fingerprint density at radius 2 is 2.25 bits per heavy atom. The monoisotopic (exact) mass is 171 g/mol. The van der Waals surface area contributed by atoms with Crippen LogP contribution in [0.2, 0.25) is 0 Å². The summed E-state index contributed by atoms with van der Waals surface area (Å²) in [7, 11) is 0. The fourth-order valence-corrected chi connectivity index (χ4v) is 1.03. The molecule has 0 atom stereocenters. The molecule has 0 aliphatic carbocycles. The van der Waals surface area contributed by atoms with Gasteiger partial charge in [-0.05, 0) is 6.42 Å². The average Bonchev–Trinajstić information content (AvgIpc) is 1.98. The largest absolute Gasteiger partial charge is 0.338 e. The Bertz CT molecular complexity index is 145. The standard InChI is InChI=1S/C8H17N3O/c1-2-3-10-8(12)11-6-7-4-9-5-7/h7,9H,2-6H2,1H3,(H2,10,11,12). The Labute approximate surface area is 73.1 Å². The second-order valence-electron chi connectivity index (χ2n) is 3.16. The van der Waals surface area contributed by atoms with Crippen LogP contribution >= 0.6 is 0 Å². The second kappa shape index (κ2) is 4.98. The number of carbonyl (C=O) groups is 1. The zero-order valence-corrected chi connectivity index (χ0v) is 7.52. The predicted octanol–water partition coefficient (Wildman–Crippen LogP) is -0.0850. The highest BCUT2D eigenvalue weighted by Crippen LogP contribution is 1.99. The van der Waals surface area contributed by atoms with Gasteiger partial charge in [0, 0.05) is 32.1 Å². The van der Waals surface area contributed by atoms with Gasteiger partial charge in [-0.1, -0.05) is 6.92 Å². The minimum atomic E-state index is -0.0382. The minimum Gasteiger partial charge on any atom is -0.338 e. The third-order valence-electron chi connectivity index (χ3n) is 1.95. The number of rotatable bonds is 4. The van der Waals surface area contributed by atoms with Crippen LogP contribution in [0, 0.1) is 5.92 Å². The molecule has 0 aromatic carbocycles. The van der Waals surface area contributed by atoms with Gasteiger partial charge in [0.1, 0.15) is 0 Å². The van der Waals surface area contributed by atoms with Gasteiger partial charge in [-0.25, -0.2) is 4.79 Å². The van der Waals surface area contributed by atoms with Crippen LogP contribution in [0.4, 0.5) is 4.79 Å². The lowest BCUT2D eigenvalue weighted by Crippen LogP contribution is -2.49. The summed E-state index contributed by atoms with van der Waals surface area (Å²) >= 11 is 0. The Hall–Kier alpha value is -0.770. The summed E-state index contributed by atoms with van der Waals surface area (Å²) in [6.45, 7) is 5.66. The first-order chi connectivity index (χ1) is 5.83. The molecule has 4 nitrogen and oxygen atoms in total. The molecule has 1 fully saturated rings. The van der Waals surface area contributed by atoms with Gasteiger partial charge in [0.2, 0.25) is 0 Å². The molecule has 1 aliphatic rings. The van der Waals surface area contributed by atoms with Crippen molar-refractivity contribution < 1.29 is 4.79 Å². The number of hydrogen-bond acceptors (Lipinski definition) is 2. The van der Waals surface area contributed by atoms with Gasteiger partial charge in [-0.2, -0.15) is 0 Å². The molecule has 4 heteroatoms. The maximum Gasteiger partial charge on any atom is 0.314 e. The van der Waals surface area contributed by atoms with Crippen molar-refractivity contribution in [3.63, 3.8) is 0 Å². The third-order valence-corrected chi connectivity index (χ3v) is 1.95. The van der Waals surface area contributed by atoms with E-state index in [1.807, 2.05) is 6.92 Å². The van der Waals surface area contributed by atoms with Gasteiger partial charge < -0.3 is 16.0 Å². The van der Waals surface area contributed by atoms with Crippen molar-refractivity contribution in [2.75, 3.05) is 26.2 Å². The van der Waals surface area contributed by atoms with Crippen LogP contribution in [-0.4, -0.2) is 32.2 Å². The van der Waals surface area contributed by atoms with Gasteiger partial charge in [0.25, 0.3) is 0 Å². The average molecular weight is 171 g/mol. The summed E-state index contributed by atoms with van der Waals surface area (Å²) in [6, 6.07) is -0.0382. The quantitative estimate of drug-likeness (QED) is 0.554. The Morgan fingerprint density at radius 1 is 1.50 bits per heavy atom. The molecule has 0 aromatic rings. The van der Waals surface area contributed by atoms with Crippen LogP contribution in [0.25, 0.3) is 0 Å². The molecule has 1 heterocycles. The second-order valence-corrected chi connectivity index (χ2v) is 3.16. The van der Waals surface area contributed by atoms with Crippen LogP contribution < -0.4 is 16.0 Å². The van der Waals surface area contributed by atoms with Gasteiger partial charge in [0.15, 0.2) is 0 Å². The molecule has 0 aromatic heterocycles. The fraction of sp³-hybridized carbons (Fsp3) is 0.875. The highest BCUT2D eigenvalue weighted by atomic mass is 16.2. The molecule has 0 radical (unpaired) electrons. The zero-order valence-electron chi connectivity index (χ0n) is 7.52. The molecule has 0 bridgehead atoms. The molecule has 70 valence electrons. The maximum atomic E-state index is 11.0. The summed E-state index contributed by atoms with van der Waals surface area (Å²) in [5.74, 6) is 0.636. The molecule has 0 saturated carbocycles. The van der Waals surface area contributed by atoms with Crippen molar-refractivity contribution in [3.05, 3.63) is 0 Å². The number of carbonyl (C=O) groups excluding carboxylic acids is 1. The molecule has 1 saturated heterocycles. The summed E-state index contributed by atoms with van der Waals surface area (Å²) in [5, 5.41) is 8.75. The molecule has 1 aliphatic heterocycles. The Balaban J connectivity index is 1.94. The lowest BCUT2D eigenvalue weighted by Gasteiger charge is -2.27. The van der Waals surface area contributed by atoms with E-state index in [1.165, 1.54) is 0 Å². The molecule has 0 spiro atoms. The summed E-state index contributed by atoms with van der Waals surface area (Å²) in [4.78, 5) is 11.0. The summed E-state index contributed by atoms with van der Waals surface area (Å²) in [5.41, 5.74) is 0. The Kier molecular flexibility index (Phi) is 3.87. The van der Waals surface area contributed by atoms with Gasteiger partial charge >= 0.3 is 6.03 Å². The first-order valence-corrected chi connectivity index (χ1v) is 4.55. The van der Waals surface area contributed by atoms with Crippen molar-refractivity contribution in [2.24, 2.45) is 5.92 Å². The van der Waals surface area contributed by atoms with Crippen molar-refractivity contribution >= 4 is 6.03 Å². The normalized spacial score (nSPS) is 16.8. The van der Waals surface area contributed by atoms with E-state index in [2.05, 4.69) is 16.0 Å². The van der Waals surface area contributed by atoms with Crippen LogP contribution in [0.15, 0.2) is 0 Å². The highest BCUT2D eigenvalue weighted by Gasteiger charge is 2.16. The fourth-order valence-electron chi connectivity index (χ4n) is 1.03. The van der Waals surface area contributed by atoms with Crippen molar-refractivity contribution in [1.82, 2.24) is 16.0 Å².